The van der Waals surface area contributed by atoms with Crippen LogP contribution in [0.25, 0.3) is 0 Å². The molecule has 25 heavy (non-hydrogen) atoms. The van der Waals surface area contributed by atoms with Gasteiger partial charge in [-0.3, -0.25) is 9.89 Å². The third-order valence-corrected chi connectivity index (χ3v) is 4.63. The van der Waals surface area contributed by atoms with Gasteiger partial charge in [0, 0.05) is 24.7 Å². The number of aromatic nitrogens is 2. The molecule has 6 heteroatoms. The summed E-state index contributed by atoms with van der Waals surface area (Å²) in [6.45, 7) is 3.93. The zero-order chi connectivity index (χ0) is 17.6. The quantitative estimate of drug-likeness (QED) is 0.876. The number of hydrogen-bond donors (Lipinski definition) is 1. The normalized spacial score (nSPS) is 15.2. The summed E-state index contributed by atoms with van der Waals surface area (Å²) in [4.78, 5) is 14.3. The standard InChI is InChI=1S/C19H25N3O3/c1-14-13-16(21-20-14)15-7-10-22(11-8-15)19(23)9-12-25-18-6-4-3-5-17(18)24-2/h3-6,13,15H,7-12H2,1-2H3,(H,20,21). The first kappa shape index (κ1) is 17.3. The molecule has 0 aliphatic carbocycles. The van der Waals surface area contributed by atoms with Crippen LogP contribution in [-0.2, 0) is 4.79 Å². The van der Waals surface area contributed by atoms with E-state index in [2.05, 4.69) is 16.3 Å². The highest BCUT2D eigenvalue weighted by Gasteiger charge is 2.25. The average molecular weight is 343 g/mol. The average Bonchev–Trinajstić information content (AvgIpc) is 3.08. The maximum atomic E-state index is 12.4. The number of carbonyl (C=O) groups excluding carboxylic acids is 1. The lowest BCUT2D eigenvalue weighted by Gasteiger charge is -2.31. The number of ether oxygens (including phenoxy) is 2. The SMILES string of the molecule is COc1ccccc1OCCC(=O)N1CCC(c2cc(C)[nH]n2)CC1. The Morgan fingerprint density at radius 3 is 2.64 bits per heavy atom. The molecule has 0 radical (unpaired) electrons. The zero-order valence-corrected chi connectivity index (χ0v) is 14.8. The fraction of sp³-hybridized carbons (Fsp3) is 0.474. The lowest BCUT2D eigenvalue weighted by atomic mass is 9.93. The van der Waals surface area contributed by atoms with Crippen molar-refractivity contribution >= 4 is 5.91 Å². The van der Waals surface area contributed by atoms with E-state index in [0.29, 0.717) is 30.4 Å². The van der Waals surface area contributed by atoms with E-state index in [4.69, 9.17) is 9.47 Å². The molecule has 6 nitrogen and oxygen atoms in total. The Kier molecular flexibility index (Phi) is 5.58. The van der Waals surface area contributed by atoms with Crippen molar-refractivity contribution < 1.29 is 14.3 Å². The minimum absolute atomic E-state index is 0.145. The largest absolute Gasteiger partial charge is 0.493 e. The van der Waals surface area contributed by atoms with Crippen LogP contribution in [0.3, 0.4) is 0 Å². The molecule has 2 aromatic rings. The minimum atomic E-state index is 0.145. The van der Waals surface area contributed by atoms with E-state index in [-0.39, 0.29) is 5.91 Å². The molecule has 1 aliphatic rings. The fourth-order valence-electron chi connectivity index (χ4n) is 3.22. The van der Waals surface area contributed by atoms with Crippen molar-refractivity contribution in [1.29, 1.82) is 0 Å². The number of methoxy groups -OCH3 is 1. The molecule has 1 fully saturated rings. The summed E-state index contributed by atoms with van der Waals surface area (Å²) in [5.74, 6) is 1.95. The van der Waals surface area contributed by atoms with E-state index in [1.165, 1.54) is 0 Å². The lowest BCUT2D eigenvalue weighted by Crippen LogP contribution is -2.38. The number of nitrogens with one attached hydrogen (secondary N) is 1. The van der Waals surface area contributed by atoms with Crippen molar-refractivity contribution in [2.75, 3.05) is 26.8 Å². The van der Waals surface area contributed by atoms with Gasteiger partial charge >= 0.3 is 0 Å². The highest BCUT2D eigenvalue weighted by Crippen LogP contribution is 2.28. The summed E-state index contributed by atoms with van der Waals surface area (Å²) < 4.78 is 10.9. The number of benzene rings is 1. The molecule has 2 heterocycles. The first-order valence-corrected chi connectivity index (χ1v) is 8.73. The van der Waals surface area contributed by atoms with Crippen molar-refractivity contribution in [3.05, 3.63) is 41.7 Å². The molecule has 1 aromatic carbocycles. The van der Waals surface area contributed by atoms with Crippen LogP contribution in [0.1, 0.15) is 36.6 Å². The number of nitrogens with zero attached hydrogens (tertiary/aromatic N) is 2. The number of carbonyl (C=O) groups is 1. The highest BCUT2D eigenvalue weighted by atomic mass is 16.5. The van der Waals surface area contributed by atoms with Crippen LogP contribution in [0.4, 0.5) is 0 Å². The van der Waals surface area contributed by atoms with Gasteiger partial charge in [0.05, 0.1) is 25.8 Å². The molecular weight excluding hydrogens is 318 g/mol. The summed E-state index contributed by atoms with van der Waals surface area (Å²) in [6.07, 6.45) is 2.30. The summed E-state index contributed by atoms with van der Waals surface area (Å²) in [5.41, 5.74) is 2.20. The Bertz CT molecular complexity index is 705. The van der Waals surface area contributed by atoms with Crippen LogP contribution in [-0.4, -0.2) is 47.8 Å². The van der Waals surface area contributed by atoms with Crippen molar-refractivity contribution in [3.8, 4) is 11.5 Å². The van der Waals surface area contributed by atoms with Crippen LogP contribution in [0.5, 0.6) is 11.5 Å². The molecule has 1 saturated heterocycles. The van der Waals surface area contributed by atoms with Gasteiger partial charge in [-0.1, -0.05) is 12.1 Å². The van der Waals surface area contributed by atoms with Crippen LogP contribution >= 0.6 is 0 Å². The number of hydrogen-bond acceptors (Lipinski definition) is 4. The Labute approximate surface area is 148 Å². The number of rotatable bonds is 6. The van der Waals surface area contributed by atoms with Gasteiger partial charge in [-0.2, -0.15) is 5.10 Å². The molecular formula is C19H25N3O3. The topological polar surface area (TPSA) is 67.5 Å². The fourth-order valence-corrected chi connectivity index (χ4v) is 3.22. The van der Waals surface area contributed by atoms with Crippen molar-refractivity contribution in [2.45, 2.75) is 32.1 Å². The molecule has 1 aliphatic heterocycles. The van der Waals surface area contributed by atoms with Gasteiger partial charge in [-0.25, -0.2) is 0 Å². The molecule has 1 N–H and O–H groups in total. The van der Waals surface area contributed by atoms with E-state index in [0.717, 1.165) is 37.3 Å². The molecule has 134 valence electrons. The number of aromatic amines is 1. The van der Waals surface area contributed by atoms with Gasteiger partial charge in [0.1, 0.15) is 0 Å². The number of H-pyrrole nitrogens is 1. The second-order valence-electron chi connectivity index (χ2n) is 6.38. The van der Waals surface area contributed by atoms with Gasteiger partial charge in [-0.15, -0.1) is 0 Å². The Balaban J connectivity index is 1.43. The van der Waals surface area contributed by atoms with E-state index >= 15 is 0 Å². The molecule has 0 atom stereocenters. The number of piperidine rings is 1. The van der Waals surface area contributed by atoms with Gasteiger partial charge in [-0.05, 0) is 38.0 Å². The summed E-state index contributed by atoms with van der Waals surface area (Å²) in [6, 6.07) is 9.58. The molecule has 0 bridgehead atoms. The van der Waals surface area contributed by atoms with Crippen molar-refractivity contribution in [2.24, 2.45) is 0 Å². The van der Waals surface area contributed by atoms with Crippen molar-refractivity contribution in [3.63, 3.8) is 0 Å². The first-order valence-electron chi connectivity index (χ1n) is 8.73. The summed E-state index contributed by atoms with van der Waals surface area (Å²) in [5, 5.41) is 7.34. The van der Waals surface area contributed by atoms with Crippen molar-refractivity contribution in [1.82, 2.24) is 15.1 Å². The number of para-hydroxylation sites is 2. The molecule has 3 rings (SSSR count). The second-order valence-corrected chi connectivity index (χ2v) is 6.38. The lowest BCUT2D eigenvalue weighted by molar-refractivity contribution is -0.132. The summed E-state index contributed by atoms with van der Waals surface area (Å²) in [7, 11) is 1.61. The summed E-state index contributed by atoms with van der Waals surface area (Å²) >= 11 is 0. The Hall–Kier alpha value is -2.50. The van der Waals surface area contributed by atoms with Gasteiger partial charge in [0.2, 0.25) is 5.91 Å². The van der Waals surface area contributed by atoms with E-state index in [1.807, 2.05) is 36.1 Å². The zero-order valence-electron chi connectivity index (χ0n) is 14.8. The smallest absolute Gasteiger partial charge is 0.225 e. The van der Waals surface area contributed by atoms with Crippen LogP contribution in [0.2, 0.25) is 0 Å². The van der Waals surface area contributed by atoms with E-state index in [1.54, 1.807) is 7.11 Å². The van der Waals surface area contributed by atoms with E-state index in [9.17, 15) is 4.79 Å². The van der Waals surface area contributed by atoms with Crippen LogP contribution < -0.4 is 9.47 Å². The van der Waals surface area contributed by atoms with Gasteiger partial charge in [0.25, 0.3) is 0 Å². The Morgan fingerprint density at radius 1 is 1.28 bits per heavy atom. The number of amides is 1. The van der Waals surface area contributed by atoms with Gasteiger partial charge in [0.15, 0.2) is 11.5 Å². The monoisotopic (exact) mass is 343 g/mol. The molecule has 0 saturated carbocycles. The predicted octanol–water partition coefficient (Wildman–Crippen LogP) is 2.90. The second kappa shape index (κ2) is 8.05. The first-order chi connectivity index (χ1) is 12.2. The van der Waals surface area contributed by atoms with Crippen LogP contribution in [0, 0.1) is 6.92 Å². The number of likely N-dealkylation sites (tertiary alicyclic amines) is 1. The predicted molar refractivity (Wildman–Crippen MR) is 95.0 cm³/mol. The molecule has 1 amide bonds. The molecule has 0 spiro atoms. The molecule has 1 aromatic heterocycles. The van der Waals surface area contributed by atoms with Gasteiger partial charge < -0.3 is 14.4 Å². The maximum Gasteiger partial charge on any atom is 0.225 e. The van der Waals surface area contributed by atoms with E-state index < -0.39 is 0 Å². The third-order valence-electron chi connectivity index (χ3n) is 4.63. The minimum Gasteiger partial charge on any atom is -0.493 e. The Morgan fingerprint density at radius 2 is 2.00 bits per heavy atom. The highest BCUT2D eigenvalue weighted by molar-refractivity contribution is 5.76. The maximum absolute atomic E-state index is 12.4. The molecule has 0 unspecified atom stereocenters. The van der Waals surface area contributed by atoms with Crippen LogP contribution in [0.15, 0.2) is 30.3 Å². The number of aryl methyl sites for hydroxylation is 1. The third kappa shape index (κ3) is 4.32.